The fourth-order valence-electron chi connectivity index (χ4n) is 1.82. The van der Waals surface area contributed by atoms with E-state index in [0.717, 1.165) is 4.88 Å². The minimum Gasteiger partial charge on any atom is -0.359 e. The Morgan fingerprint density at radius 1 is 1.13 bits per heavy atom. The first-order valence-electron chi connectivity index (χ1n) is 7.24. The Morgan fingerprint density at radius 3 is 2.57 bits per heavy atom. The quantitative estimate of drug-likeness (QED) is 0.452. The minimum atomic E-state index is -0.257. The van der Waals surface area contributed by atoms with E-state index in [-0.39, 0.29) is 11.9 Å². The van der Waals surface area contributed by atoms with Gasteiger partial charge in [-0.25, -0.2) is 0 Å². The van der Waals surface area contributed by atoms with Gasteiger partial charge in [0.15, 0.2) is 5.11 Å². The summed E-state index contributed by atoms with van der Waals surface area (Å²) in [4.78, 5) is 13.9. The Bertz CT molecular complexity index is 693. The van der Waals surface area contributed by atoms with Gasteiger partial charge < -0.3 is 5.32 Å². The van der Waals surface area contributed by atoms with E-state index in [9.17, 15) is 4.79 Å². The number of amides is 1. The summed E-state index contributed by atoms with van der Waals surface area (Å²) < 4.78 is 0. The van der Waals surface area contributed by atoms with Crippen LogP contribution in [0.4, 0.5) is 0 Å². The molecule has 0 fully saturated rings. The zero-order chi connectivity index (χ0) is 16.7. The summed E-state index contributed by atoms with van der Waals surface area (Å²) in [5.41, 5.74) is 6.35. The van der Waals surface area contributed by atoms with Crippen LogP contribution in [0.5, 0.6) is 0 Å². The third-order valence-electron chi connectivity index (χ3n) is 2.80. The molecule has 3 N–H and O–H groups in total. The predicted molar refractivity (Wildman–Crippen MR) is 101 cm³/mol. The van der Waals surface area contributed by atoms with Crippen molar-refractivity contribution in [3.05, 3.63) is 53.4 Å². The number of carbonyl (C=O) groups is 1. The second-order valence-corrected chi connectivity index (χ2v) is 6.67. The van der Waals surface area contributed by atoms with E-state index in [1.807, 2.05) is 38.1 Å². The highest BCUT2D eigenvalue weighted by Gasteiger charge is 2.02. The first-order chi connectivity index (χ1) is 11.0. The summed E-state index contributed by atoms with van der Waals surface area (Å²) >= 11 is 6.66. The molecule has 0 spiro atoms. The summed E-state index contributed by atoms with van der Waals surface area (Å²) in [5, 5.41) is 3.37. The Hall–Kier alpha value is -2.18. The van der Waals surface area contributed by atoms with Gasteiger partial charge in [0.1, 0.15) is 0 Å². The molecule has 0 aliphatic rings. The molecule has 4 nitrogen and oxygen atoms in total. The van der Waals surface area contributed by atoms with Crippen LogP contribution in [0.1, 0.15) is 18.7 Å². The topological polar surface area (TPSA) is 53.2 Å². The summed E-state index contributed by atoms with van der Waals surface area (Å²) in [7, 11) is 0. The van der Waals surface area contributed by atoms with Crippen molar-refractivity contribution in [3.8, 4) is 10.4 Å². The van der Waals surface area contributed by atoms with Crippen molar-refractivity contribution >= 4 is 40.7 Å². The summed E-state index contributed by atoms with van der Waals surface area (Å²) in [5.74, 6) is -0.257. The maximum Gasteiger partial charge on any atom is 0.262 e. The molecule has 0 saturated heterocycles. The Kier molecular flexibility index (Phi) is 6.31. The molecule has 1 aromatic heterocycles. The zero-order valence-electron chi connectivity index (χ0n) is 13.0. The van der Waals surface area contributed by atoms with Crippen molar-refractivity contribution < 1.29 is 4.79 Å². The van der Waals surface area contributed by atoms with Crippen molar-refractivity contribution in [2.75, 3.05) is 0 Å². The molecule has 1 amide bonds. The molecule has 0 bridgehead atoms. The SMILES string of the molecule is CC(C)NC(=S)NNC(=O)/C=C/c1ccc(-c2ccccc2)s1. The summed E-state index contributed by atoms with van der Waals surface area (Å²) in [6.07, 6.45) is 3.26. The molecule has 0 aliphatic carbocycles. The molecule has 1 heterocycles. The van der Waals surface area contributed by atoms with Crippen LogP contribution in [0.2, 0.25) is 0 Å². The van der Waals surface area contributed by atoms with Gasteiger partial charge in [-0.3, -0.25) is 15.6 Å². The van der Waals surface area contributed by atoms with Gasteiger partial charge in [0, 0.05) is 21.9 Å². The number of rotatable bonds is 4. The van der Waals surface area contributed by atoms with Crippen molar-refractivity contribution in [1.29, 1.82) is 0 Å². The maximum atomic E-state index is 11.7. The molecular formula is C17H19N3OS2. The molecule has 0 atom stereocenters. The molecule has 1 aromatic carbocycles. The molecule has 0 saturated carbocycles. The lowest BCUT2D eigenvalue weighted by molar-refractivity contribution is -0.116. The highest BCUT2D eigenvalue weighted by atomic mass is 32.1. The van der Waals surface area contributed by atoms with Crippen LogP contribution in [-0.2, 0) is 4.79 Å². The highest BCUT2D eigenvalue weighted by molar-refractivity contribution is 7.80. The van der Waals surface area contributed by atoms with Crippen molar-refractivity contribution in [1.82, 2.24) is 16.2 Å². The van der Waals surface area contributed by atoms with E-state index in [4.69, 9.17) is 12.2 Å². The van der Waals surface area contributed by atoms with E-state index in [2.05, 4.69) is 34.4 Å². The van der Waals surface area contributed by atoms with E-state index < -0.39 is 0 Å². The van der Waals surface area contributed by atoms with Crippen LogP contribution in [0.3, 0.4) is 0 Å². The molecule has 2 aromatic rings. The Balaban J connectivity index is 1.87. The van der Waals surface area contributed by atoms with E-state index in [0.29, 0.717) is 5.11 Å². The average Bonchev–Trinajstić information content (AvgIpc) is 3.00. The van der Waals surface area contributed by atoms with Crippen LogP contribution in [-0.4, -0.2) is 17.1 Å². The normalized spacial score (nSPS) is 10.7. The zero-order valence-corrected chi connectivity index (χ0v) is 14.6. The number of hydrogen-bond acceptors (Lipinski definition) is 3. The first-order valence-corrected chi connectivity index (χ1v) is 8.47. The second kappa shape index (κ2) is 8.45. The fourth-order valence-corrected chi connectivity index (χ4v) is 3.02. The monoisotopic (exact) mass is 345 g/mol. The van der Waals surface area contributed by atoms with Crippen LogP contribution in [0.15, 0.2) is 48.5 Å². The molecule has 2 rings (SSSR count). The number of thiophene rings is 1. The molecule has 0 aliphatic heterocycles. The minimum absolute atomic E-state index is 0.213. The van der Waals surface area contributed by atoms with Gasteiger partial charge in [-0.1, -0.05) is 30.3 Å². The van der Waals surface area contributed by atoms with E-state index in [1.54, 1.807) is 17.4 Å². The predicted octanol–water partition coefficient (Wildman–Crippen LogP) is 3.33. The molecular weight excluding hydrogens is 326 g/mol. The summed E-state index contributed by atoms with van der Waals surface area (Å²) in [6.45, 7) is 3.94. The highest BCUT2D eigenvalue weighted by Crippen LogP contribution is 2.28. The average molecular weight is 345 g/mol. The van der Waals surface area contributed by atoms with Gasteiger partial charge >= 0.3 is 0 Å². The molecule has 0 unspecified atom stereocenters. The lowest BCUT2D eigenvalue weighted by Gasteiger charge is -2.12. The Morgan fingerprint density at radius 2 is 1.87 bits per heavy atom. The fraction of sp³-hybridized carbons (Fsp3) is 0.176. The number of benzene rings is 1. The molecule has 120 valence electrons. The third-order valence-corrected chi connectivity index (χ3v) is 4.12. The lowest BCUT2D eigenvalue weighted by Crippen LogP contribution is -2.48. The van der Waals surface area contributed by atoms with Crippen molar-refractivity contribution in [2.45, 2.75) is 19.9 Å². The maximum absolute atomic E-state index is 11.7. The first kappa shape index (κ1) is 17.2. The van der Waals surface area contributed by atoms with E-state index in [1.165, 1.54) is 16.5 Å². The van der Waals surface area contributed by atoms with Crippen LogP contribution in [0.25, 0.3) is 16.5 Å². The third kappa shape index (κ3) is 5.84. The van der Waals surface area contributed by atoms with Gasteiger partial charge in [0.2, 0.25) is 0 Å². The number of carbonyl (C=O) groups excluding carboxylic acids is 1. The smallest absolute Gasteiger partial charge is 0.262 e. The standard InChI is InChI=1S/C17H19N3OS2/c1-12(2)18-17(22)20-19-16(21)11-9-14-8-10-15(23-14)13-6-4-3-5-7-13/h3-12H,1-2H3,(H,19,21)(H2,18,20,22)/b11-9+. The van der Waals surface area contributed by atoms with Crippen LogP contribution in [0, 0.1) is 0 Å². The van der Waals surface area contributed by atoms with E-state index >= 15 is 0 Å². The lowest BCUT2D eigenvalue weighted by atomic mass is 10.2. The summed E-state index contributed by atoms with van der Waals surface area (Å²) in [6, 6.07) is 14.4. The van der Waals surface area contributed by atoms with Crippen molar-refractivity contribution in [3.63, 3.8) is 0 Å². The van der Waals surface area contributed by atoms with Crippen LogP contribution < -0.4 is 16.2 Å². The van der Waals surface area contributed by atoms with Gasteiger partial charge in [-0.15, -0.1) is 11.3 Å². The molecule has 6 heteroatoms. The van der Waals surface area contributed by atoms with Crippen LogP contribution >= 0.6 is 23.6 Å². The largest absolute Gasteiger partial charge is 0.359 e. The van der Waals surface area contributed by atoms with Gasteiger partial charge in [0.25, 0.3) is 5.91 Å². The van der Waals surface area contributed by atoms with Gasteiger partial charge in [-0.2, -0.15) is 0 Å². The van der Waals surface area contributed by atoms with Crippen molar-refractivity contribution in [2.24, 2.45) is 0 Å². The number of hydrazine groups is 1. The second-order valence-electron chi connectivity index (χ2n) is 5.14. The van der Waals surface area contributed by atoms with Gasteiger partial charge in [0.05, 0.1) is 0 Å². The molecule has 23 heavy (non-hydrogen) atoms. The number of thiocarbonyl (C=S) groups is 1. The molecule has 0 radical (unpaired) electrons. The number of hydrogen-bond donors (Lipinski definition) is 3. The Labute approximate surface area is 145 Å². The van der Waals surface area contributed by atoms with Gasteiger partial charge in [-0.05, 0) is 49.8 Å². The number of nitrogens with one attached hydrogen (secondary N) is 3.